The van der Waals surface area contributed by atoms with Gasteiger partial charge in [0.25, 0.3) is 0 Å². The number of anilines is 1. The number of aliphatic hydroxyl groups is 1. The summed E-state index contributed by atoms with van der Waals surface area (Å²) in [7, 11) is 1.79. The molecular formula is C13H16N4O4. The van der Waals surface area contributed by atoms with Crippen molar-refractivity contribution in [3.63, 3.8) is 0 Å². The Balaban J connectivity index is 1.93. The summed E-state index contributed by atoms with van der Waals surface area (Å²) in [6.45, 7) is 1.17. The van der Waals surface area contributed by atoms with Gasteiger partial charge in [0.05, 0.1) is 13.2 Å². The van der Waals surface area contributed by atoms with Crippen LogP contribution < -0.4 is 4.90 Å². The maximum Gasteiger partial charge on any atom is 0.356 e. The van der Waals surface area contributed by atoms with Crippen LogP contribution in [-0.2, 0) is 4.74 Å². The third kappa shape index (κ3) is 2.55. The van der Waals surface area contributed by atoms with E-state index in [0.29, 0.717) is 31.0 Å². The molecule has 2 aromatic heterocycles. The molecular weight excluding hydrogens is 276 g/mol. The molecule has 1 aliphatic rings. The molecule has 0 bridgehead atoms. The summed E-state index contributed by atoms with van der Waals surface area (Å²) in [5.41, 5.74) is -0.508. The van der Waals surface area contributed by atoms with Gasteiger partial charge >= 0.3 is 5.97 Å². The number of hydrogen-bond acceptors (Lipinski definition) is 6. The molecule has 21 heavy (non-hydrogen) atoms. The van der Waals surface area contributed by atoms with Crippen molar-refractivity contribution >= 4 is 17.4 Å². The normalized spacial score (nSPS) is 21.8. The minimum Gasteiger partial charge on any atom is -0.476 e. The maximum atomic E-state index is 11.0. The number of aromatic nitrogens is 3. The zero-order valence-electron chi connectivity index (χ0n) is 11.6. The Hall–Kier alpha value is -2.19. The van der Waals surface area contributed by atoms with Crippen molar-refractivity contribution in [1.82, 2.24) is 14.4 Å². The minimum absolute atomic E-state index is 0.0411. The van der Waals surface area contributed by atoms with Gasteiger partial charge in [-0.05, 0) is 0 Å². The summed E-state index contributed by atoms with van der Waals surface area (Å²) in [6, 6.07) is 0. The van der Waals surface area contributed by atoms with Crippen LogP contribution in [0.3, 0.4) is 0 Å². The highest BCUT2D eigenvalue weighted by Crippen LogP contribution is 2.23. The summed E-state index contributed by atoms with van der Waals surface area (Å²) < 4.78 is 6.83. The van der Waals surface area contributed by atoms with Crippen LogP contribution in [0.2, 0.25) is 0 Å². The quantitative estimate of drug-likeness (QED) is 0.819. The molecule has 1 atom stereocenters. The van der Waals surface area contributed by atoms with Gasteiger partial charge in [0.2, 0.25) is 0 Å². The Kier molecular flexibility index (Phi) is 3.26. The molecule has 1 unspecified atom stereocenters. The fourth-order valence-electron chi connectivity index (χ4n) is 2.52. The summed E-state index contributed by atoms with van der Waals surface area (Å²) in [4.78, 5) is 21.1. The maximum absolute atomic E-state index is 11.0. The van der Waals surface area contributed by atoms with Crippen LogP contribution in [0.4, 0.5) is 5.82 Å². The van der Waals surface area contributed by atoms with Crippen molar-refractivity contribution in [1.29, 1.82) is 0 Å². The molecule has 3 heterocycles. The second-order valence-corrected chi connectivity index (χ2v) is 5.30. The molecule has 0 saturated carbocycles. The van der Waals surface area contributed by atoms with E-state index in [1.165, 1.54) is 6.20 Å². The van der Waals surface area contributed by atoms with E-state index < -0.39 is 11.6 Å². The first-order valence-corrected chi connectivity index (χ1v) is 6.57. The van der Waals surface area contributed by atoms with E-state index in [2.05, 4.69) is 9.97 Å². The molecule has 1 fully saturated rings. The van der Waals surface area contributed by atoms with Gasteiger partial charge in [-0.15, -0.1) is 0 Å². The van der Waals surface area contributed by atoms with E-state index in [0.717, 1.165) is 0 Å². The number of carboxylic acids is 1. The Labute approximate surface area is 120 Å². The Morgan fingerprint density at radius 2 is 2.43 bits per heavy atom. The van der Waals surface area contributed by atoms with Crippen molar-refractivity contribution in [2.45, 2.75) is 12.0 Å². The van der Waals surface area contributed by atoms with Crippen molar-refractivity contribution in [3.8, 4) is 0 Å². The van der Waals surface area contributed by atoms with Crippen LogP contribution >= 0.6 is 0 Å². The van der Waals surface area contributed by atoms with Crippen LogP contribution in [0.15, 0.2) is 18.6 Å². The van der Waals surface area contributed by atoms with Gasteiger partial charge in [-0.3, -0.25) is 0 Å². The largest absolute Gasteiger partial charge is 0.476 e. The summed E-state index contributed by atoms with van der Waals surface area (Å²) >= 11 is 0. The van der Waals surface area contributed by atoms with Crippen molar-refractivity contribution in [2.75, 3.05) is 31.7 Å². The number of fused-ring (bicyclic) bond motifs is 1. The molecule has 3 rings (SSSR count). The molecule has 2 aromatic rings. The fraction of sp³-hybridized carbons (Fsp3) is 0.462. The predicted molar refractivity (Wildman–Crippen MR) is 73.6 cm³/mol. The number of ether oxygens (including phenoxy) is 1. The zero-order valence-corrected chi connectivity index (χ0v) is 11.6. The van der Waals surface area contributed by atoms with E-state index >= 15 is 0 Å². The molecule has 0 radical (unpaired) electrons. The summed E-state index contributed by atoms with van der Waals surface area (Å²) in [5, 5.41) is 19.4. The zero-order chi connectivity index (χ0) is 15.0. The lowest BCUT2D eigenvalue weighted by atomic mass is 10.0. The van der Waals surface area contributed by atoms with Crippen LogP contribution in [0.25, 0.3) is 5.65 Å². The number of carboxylic acid groups (broad SMARTS) is 1. The number of likely N-dealkylation sites (N-methyl/N-ethyl adjacent to an activating group) is 1. The number of nitrogens with zero attached hydrogens (tertiary/aromatic N) is 4. The average Bonchev–Trinajstić information content (AvgIpc) is 3.04. The SMILES string of the molecule is CN(CC1(O)CCOC1)c1nccn2cc(C(=O)O)nc12. The van der Waals surface area contributed by atoms with Crippen LogP contribution in [-0.4, -0.2) is 63.0 Å². The van der Waals surface area contributed by atoms with Crippen molar-refractivity contribution < 1.29 is 19.7 Å². The number of hydrogen-bond donors (Lipinski definition) is 2. The number of rotatable bonds is 4. The lowest BCUT2D eigenvalue weighted by molar-refractivity contribution is 0.0336. The highest BCUT2D eigenvalue weighted by molar-refractivity contribution is 5.87. The lowest BCUT2D eigenvalue weighted by Gasteiger charge is -2.28. The Bertz CT molecular complexity index is 678. The van der Waals surface area contributed by atoms with E-state index in [9.17, 15) is 9.90 Å². The van der Waals surface area contributed by atoms with Crippen LogP contribution in [0.5, 0.6) is 0 Å². The third-order valence-electron chi connectivity index (χ3n) is 3.55. The van der Waals surface area contributed by atoms with E-state index in [-0.39, 0.29) is 12.3 Å². The topological polar surface area (TPSA) is 100 Å². The summed E-state index contributed by atoms with van der Waals surface area (Å²) in [5.74, 6) is -0.569. The first kappa shape index (κ1) is 13.8. The number of aromatic carboxylic acids is 1. The van der Waals surface area contributed by atoms with Gasteiger partial charge in [0.1, 0.15) is 5.60 Å². The standard InChI is InChI=1S/C13H16N4O4/c1-16(7-13(20)2-5-21-8-13)10-11-15-9(12(18)19)6-17(11)4-3-14-10/h3-4,6,20H,2,5,7-8H2,1H3,(H,18,19). The molecule has 1 saturated heterocycles. The van der Waals surface area contributed by atoms with Crippen molar-refractivity contribution in [3.05, 3.63) is 24.3 Å². The second-order valence-electron chi connectivity index (χ2n) is 5.30. The second kappa shape index (κ2) is 4.97. The molecule has 0 aromatic carbocycles. The van der Waals surface area contributed by atoms with Gasteiger partial charge in [0, 0.05) is 38.7 Å². The minimum atomic E-state index is -1.09. The number of carbonyl (C=O) groups is 1. The third-order valence-corrected chi connectivity index (χ3v) is 3.55. The lowest BCUT2D eigenvalue weighted by Crippen LogP contribution is -2.42. The molecule has 112 valence electrons. The summed E-state index contributed by atoms with van der Waals surface area (Å²) in [6.07, 6.45) is 5.21. The molecule has 0 spiro atoms. The van der Waals surface area contributed by atoms with Gasteiger partial charge < -0.3 is 24.3 Å². The fourth-order valence-corrected chi connectivity index (χ4v) is 2.52. The molecule has 8 heteroatoms. The first-order chi connectivity index (χ1) is 9.98. The molecule has 1 aliphatic heterocycles. The van der Waals surface area contributed by atoms with Gasteiger partial charge in [-0.25, -0.2) is 14.8 Å². The van der Waals surface area contributed by atoms with Gasteiger partial charge in [0.15, 0.2) is 17.2 Å². The van der Waals surface area contributed by atoms with Gasteiger partial charge in [-0.2, -0.15) is 0 Å². The highest BCUT2D eigenvalue weighted by atomic mass is 16.5. The van der Waals surface area contributed by atoms with E-state index in [4.69, 9.17) is 9.84 Å². The molecule has 0 amide bonds. The Morgan fingerprint density at radius 1 is 1.62 bits per heavy atom. The highest BCUT2D eigenvalue weighted by Gasteiger charge is 2.34. The van der Waals surface area contributed by atoms with Gasteiger partial charge in [-0.1, -0.05) is 0 Å². The monoisotopic (exact) mass is 292 g/mol. The van der Waals surface area contributed by atoms with Crippen LogP contribution in [0.1, 0.15) is 16.9 Å². The first-order valence-electron chi connectivity index (χ1n) is 6.57. The number of imidazole rings is 1. The molecule has 8 nitrogen and oxygen atoms in total. The van der Waals surface area contributed by atoms with E-state index in [1.807, 2.05) is 0 Å². The van der Waals surface area contributed by atoms with E-state index in [1.54, 1.807) is 28.7 Å². The van der Waals surface area contributed by atoms with Crippen LogP contribution in [0, 0.1) is 0 Å². The predicted octanol–water partition coefficient (Wildman–Crippen LogP) is 0.0151. The Morgan fingerprint density at radius 3 is 3.10 bits per heavy atom. The average molecular weight is 292 g/mol. The smallest absolute Gasteiger partial charge is 0.356 e. The van der Waals surface area contributed by atoms with Crippen molar-refractivity contribution in [2.24, 2.45) is 0 Å². The molecule has 2 N–H and O–H groups in total. The molecule has 0 aliphatic carbocycles.